The molecule has 2 aromatic heterocycles. The van der Waals surface area contributed by atoms with Crippen LogP contribution >= 0.6 is 0 Å². The Morgan fingerprint density at radius 3 is 2.68 bits per heavy atom. The van der Waals surface area contributed by atoms with Crippen molar-refractivity contribution >= 4 is 17.1 Å². The molecule has 0 aliphatic rings. The number of anilines is 1. The van der Waals surface area contributed by atoms with Crippen molar-refractivity contribution in [1.82, 2.24) is 19.1 Å². The number of aryl methyl sites for hydroxylation is 2. The minimum atomic E-state index is -0.446. The summed E-state index contributed by atoms with van der Waals surface area (Å²) in [5.74, 6) is 0.637. The van der Waals surface area contributed by atoms with Crippen LogP contribution in [-0.2, 0) is 13.6 Å². The van der Waals surface area contributed by atoms with Crippen molar-refractivity contribution in [2.75, 3.05) is 11.9 Å². The number of aromatic amines is 1. The summed E-state index contributed by atoms with van der Waals surface area (Å²) in [5.41, 5.74) is 0.00699. The van der Waals surface area contributed by atoms with Crippen LogP contribution in [0.25, 0.3) is 11.2 Å². The Morgan fingerprint density at radius 1 is 1.32 bits per heavy atom. The summed E-state index contributed by atoms with van der Waals surface area (Å²) in [5, 5.41) is 3.21. The van der Waals surface area contributed by atoms with Crippen molar-refractivity contribution < 1.29 is 0 Å². The molecule has 2 aromatic rings. The van der Waals surface area contributed by atoms with Crippen molar-refractivity contribution in [3.05, 3.63) is 20.8 Å². The molecule has 2 heterocycles. The Bertz CT molecular complexity index is 694. The molecule has 104 valence electrons. The molecule has 0 unspecified atom stereocenters. The van der Waals surface area contributed by atoms with Crippen molar-refractivity contribution in [1.29, 1.82) is 0 Å². The van der Waals surface area contributed by atoms with Gasteiger partial charge in [-0.2, -0.15) is 4.98 Å². The molecule has 2 rings (SSSR count). The van der Waals surface area contributed by atoms with E-state index in [1.54, 1.807) is 11.6 Å². The molecule has 7 heteroatoms. The third-order valence-corrected chi connectivity index (χ3v) is 3.14. The number of nitrogens with one attached hydrogen (secondary N) is 2. The zero-order valence-electron chi connectivity index (χ0n) is 11.5. The largest absolute Gasteiger partial charge is 0.356 e. The molecule has 0 amide bonds. The summed E-state index contributed by atoms with van der Waals surface area (Å²) in [7, 11) is 1.60. The lowest BCUT2D eigenvalue weighted by Crippen LogP contribution is -2.29. The minimum absolute atomic E-state index is 0.393. The van der Waals surface area contributed by atoms with Crippen LogP contribution in [0.15, 0.2) is 9.59 Å². The van der Waals surface area contributed by atoms with E-state index in [1.807, 2.05) is 6.92 Å². The van der Waals surface area contributed by atoms with Gasteiger partial charge in [-0.05, 0) is 13.3 Å². The number of nitrogens with zero attached hydrogens (tertiary/aromatic N) is 3. The maximum Gasteiger partial charge on any atom is 0.329 e. The lowest BCUT2D eigenvalue weighted by atomic mass is 10.3. The molecule has 0 aliphatic heterocycles. The summed E-state index contributed by atoms with van der Waals surface area (Å²) in [6.07, 6.45) is 2.11. The van der Waals surface area contributed by atoms with Gasteiger partial charge in [-0.3, -0.25) is 14.3 Å². The summed E-state index contributed by atoms with van der Waals surface area (Å²) in [6.45, 7) is 5.47. The number of imidazole rings is 1. The second-order valence-electron chi connectivity index (χ2n) is 4.45. The maximum atomic E-state index is 11.9. The highest BCUT2D eigenvalue weighted by Crippen LogP contribution is 2.14. The van der Waals surface area contributed by atoms with Crippen molar-refractivity contribution in [2.24, 2.45) is 7.05 Å². The summed E-state index contributed by atoms with van der Waals surface area (Å²) in [6, 6.07) is 0. The monoisotopic (exact) mass is 265 g/mol. The highest BCUT2D eigenvalue weighted by atomic mass is 16.2. The van der Waals surface area contributed by atoms with Gasteiger partial charge in [0.15, 0.2) is 11.2 Å². The van der Waals surface area contributed by atoms with E-state index in [0.717, 1.165) is 19.4 Å². The van der Waals surface area contributed by atoms with Gasteiger partial charge in [0.25, 0.3) is 5.56 Å². The van der Waals surface area contributed by atoms with Gasteiger partial charge >= 0.3 is 5.69 Å². The molecule has 0 saturated carbocycles. The predicted octanol–water partition coefficient (Wildman–Crippen LogP) is 0.655. The van der Waals surface area contributed by atoms with E-state index in [9.17, 15) is 9.59 Å². The number of aromatic nitrogens is 4. The third kappa shape index (κ3) is 2.27. The van der Waals surface area contributed by atoms with E-state index in [2.05, 4.69) is 22.2 Å². The predicted molar refractivity (Wildman–Crippen MR) is 74.7 cm³/mol. The second kappa shape index (κ2) is 5.29. The van der Waals surface area contributed by atoms with Gasteiger partial charge < -0.3 is 9.88 Å². The van der Waals surface area contributed by atoms with Crippen LogP contribution < -0.4 is 16.6 Å². The maximum absolute atomic E-state index is 11.9. The fourth-order valence-electron chi connectivity index (χ4n) is 2.05. The molecule has 7 nitrogen and oxygen atoms in total. The summed E-state index contributed by atoms with van der Waals surface area (Å²) >= 11 is 0. The molecule has 0 radical (unpaired) electrons. The van der Waals surface area contributed by atoms with Crippen LogP contribution in [0.3, 0.4) is 0 Å². The number of unbranched alkanes of at least 4 members (excludes halogenated alkanes) is 1. The highest BCUT2D eigenvalue weighted by Gasteiger charge is 2.15. The van der Waals surface area contributed by atoms with Crippen LogP contribution in [0, 0.1) is 0 Å². The van der Waals surface area contributed by atoms with Gasteiger partial charge in [0, 0.05) is 20.1 Å². The van der Waals surface area contributed by atoms with Crippen LogP contribution in [0.4, 0.5) is 5.95 Å². The number of H-pyrrole nitrogens is 1. The fraction of sp³-hybridized carbons (Fsp3) is 0.583. The number of fused-ring (bicyclic) bond motifs is 1. The van der Waals surface area contributed by atoms with Gasteiger partial charge in [0.05, 0.1) is 0 Å². The van der Waals surface area contributed by atoms with Gasteiger partial charge in [-0.25, -0.2) is 4.79 Å². The first-order chi connectivity index (χ1) is 9.10. The highest BCUT2D eigenvalue weighted by molar-refractivity contribution is 5.74. The first-order valence-electron chi connectivity index (χ1n) is 6.53. The average Bonchev–Trinajstić information content (AvgIpc) is 2.75. The zero-order chi connectivity index (χ0) is 14.0. The van der Waals surface area contributed by atoms with Crippen molar-refractivity contribution in [3.8, 4) is 0 Å². The molecule has 2 N–H and O–H groups in total. The first-order valence-corrected chi connectivity index (χ1v) is 6.53. The first kappa shape index (κ1) is 13.4. The van der Waals surface area contributed by atoms with Crippen LogP contribution in [-0.4, -0.2) is 25.6 Å². The number of rotatable bonds is 5. The van der Waals surface area contributed by atoms with Gasteiger partial charge in [0.2, 0.25) is 5.95 Å². The molecule has 0 fully saturated rings. The van der Waals surface area contributed by atoms with Gasteiger partial charge in [-0.1, -0.05) is 13.3 Å². The molecule has 0 aromatic carbocycles. The molecule has 0 atom stereocenters. The Kier molecular flexibility index (Phi) is 3.73. The smallest absolute Gasteiger partial charge is 0.329 e. The standard InChI is InChI=1S/C12H19N5O2/c1-4-6-7-13-11-14-9-8(17(11)5-2)10(18)15-12(19)16(9)3/h4-7H2,1-3H3,(H,13,14)(H,15,18,19). The summed E-state index contributed by atoms with van der Waals surface area (Å²) in [4.78, 5) is 30.1. The molecule has 0 spiro atoms. The fourth-order valence-corrected chi connectivity index (χ4v) is 2.05. The Balaban J connectivity index is 2.60. The van der Waals surface area contributed by atoms with Crippen LogP contribution in [0.2, 0.25) is 0 Å². The van der Waals surface area contributed by atoms with Crippen LogP contribution in [0.5, 0.6) is 0 Å². The molecular weight excluding hydrogens is 246 g/mol. The average molecular weight is 265 g/mol. The van der Waals surface area contributed by atoms with E-state index >= 15 is 0 Å². The Morgan fingerprint density at radius 2 is 2.05 bits per heavy atom. The normalized spacial score (nSPS) is 11.1. The van der Waals surface area contributed by atoms with E-state index in [-0.39, 0.29) is 0 Å². The second-order valence-corrected chi connectivity index (χ2v) is 4.45. The molecule has 0 saturated heterocycles. The zero-order valence-corrected chi connectivity index (χ0v) is 11.5. The molecule has 0 aliphatic carbocycles. The lowest BCUT2D eigenvalue weighted by molar-refractivity contribution is 0.764. The molecule has 19 heavy (non-hydrogen) atoms. The van der Waals surface area contributed by atoms with Crippen LogP contribution in [0.1, 0.15) is 26.7 Å². The Labute approximate surface area is 110 Å². The molecular formula is C12H19N5O2. The van der Waals surface area contributed by atoms with E-state index < -0.39 is 11.2 Å². The minimum Gasteiger partial charge on any atom is -0.356 e. The Hall–Kier alpha value is -2.05. The number of hydrogen-bond acceptors (Lipinski definition) is 4. The topological polar surface area (TPSA) is 84.7 Å². The third-order valence-electron chi connectivity index (χ3n) is 3.14. The van der Waals surface area contributed by atoms with Gasteiger partial charge in [0.1, 0.15) is 0 Å². The lowest BCUT2D eigenvalue weighted by Gasteiger charge is -2.06. The van der Waals surface area contributed by atoms with E-state index in [4.69, 9.17) is 0 Å². The van der Waals surface area contributed by atoms with E-state index in [1.165, 1.54) is 4.57 Å². The SMILES string of the molecule is CCCCNc1nc2c(c(=O)[nH]c(=O)n2C)n1CC. The van der Waals surface area contributed by atoms with Crippen molar-refractivity contribution in [3.63, 3.8) is 0 Å². The summed E-state index contributed by atoms with van der Waals surface area (Å²) < 4.78 is 3.15. The number of hydrogen-bond donors (Lipinski definition) is 2. The van der Waals surface area contributed by atoms with Gasteiger partial charge in [-0.15, -0.1) is 0 Å². The van der Waals surface area contributed by atoms with Crippen molar-refractivity contribution in [2.45, 2.75) is 33.2 Å². The molecule has 0 bridgehead atoms. The van der Waals surface area contributed by atoms with E-state index in [0.29, 0.717) is 23.7 Å². The quantitative estimate of drug-likeness (QED) is 0.778.